The summed E-state index contributed by atoms with van der Waals surface area (Å²) in [5.41, 5.74) is 1.34. The topological polar surface area (TPSA) is 79.3 Å². The van der Waals surface area contributed by atoms with Crippen molar-refractivity contribution in [2.45, 2.75) is 29.8 Å². The zero-order chi connectivity index (χ0) is 21.2. The van der Waals surface area contributed by atoms with Crippen LogP contribution in [0.5, 0.6) is 11.5 Å². The minimum absolute atomic E-state index is 0.0552. The van der Waals surface area contributed by atoms with Gasteiger partial charge >= 0.3 is 6.03 Å². The maximum atomic E-state index is 12.6. The molecule has 2 heterocycles. The van der Waals surface area contributed by atoms with Crippen LogP contribution in [0.3, 0.4) is 0 Å². The predicted molar refractivity (Wildman–Crippen MR) is 104 cm³/mol. The van der Waals surface area contributed by atoms with Gasteiger partial charge in [0.15, 0.2) is 11.5 Å². The van der Waals surface area contributed by atoms with Crippen molar-refractivity contribution in [1.29, 1.82) is 0 Å². The number of alkyl halides is 1. The second-order valence-electron chi connectivity index (χ2n) is 6.72. The first-order valence-electron chi connectivity index (χ1n) is 9.30. The summed E-state index contributed by atoms with van der Waals surface area (Å²) in [6.07, 6.45) is 2.51. The number of rotatable bonds is 2. The zero-order valence-corrected chi connectivity index (χ0v) is 17.7. The van der Waals surface area contributed by atoms with Gasteiger partial charge in [0.1, 0.15) is 9.29 Å². The van der Waals surface area contributed by atoms with E-state index in [1.165, 1.54) is 11.9 Å². The van der Waals surface area contributed by atoms with E-state index in [0.717, 1.165) is 4.90 Å². The summed E-state index contributed by atoms with van der Waals surface area (Å²) in [6.45, 7) is -0.562. The van der Waals surface area contributed by atoms with Crippen molar-refractivity contribution in [3.63, 3.8) is 0 Å². The van der Waals surface area contributed by atoms with Crippen molar-refractivity contribution >= 4 is 43.8 Å². The molecule has 0 aromatic heterocycles. The summed E-state index contributed by atoms with van der Waals surface area (Å²) in [5.74, 6) is -0.193. The summed E-state index contributed by atoms with van der Waals surface area (Å²) in [5, 5.41) is 10.4. The SMILES string of the molecule is [2H]C1([2H])Oc2cc([C@H]3[C@@H](Br)[C@H](O)C=C[C@@H]3N3CC(=O)N(C)C3=O)c(Br)c(C)c2O1. The van der Waals surface area contributed by atoms with E-state index in [-0.39, 0.29) is 18.2 Å². The number of hydrogen-bond acceptors (Lipinski definition) is 5. The molecule has 4 rings (SSSR count). The Morgan fingerprint density at radius 2 is 2.07 bits per heavy atom. The molecule has 1 N–H and O–H groups in total. The van der Waals surface area contributed by atoms with Gasteiger partial charge in [0.25, 0.3) is 0 Å². The molecular formula is C18H18Br2N2O5. The molecule has 0 spiro atoms. The van der Waals surface area contributed by atoms with Gasteiger partial charge in [0.2, 0.25) is 12.7 Å². The Morgan fingerprint density at radius 3 is 2.74 bits per heavy atom. The Balaban J connectivity index is 1.82. The van der Waals surface area contributed by atoms with Gasteiger partial charge in [0, 0.05) is 23.0 Å². The van der Waals surface area contributed by atoms with E-state index in [4.69, 9.17) is 12.2 Å². The first-order valence-corrected chi connectivity index (χ1v) is 10.0. The van der Waals surface area contributed by atoms with Crippen LogP contribution in [0.15, 0.2) is 22.7 Å². The molecule has 0 radical (unpaired) electrons. The highest BCUT2D eigenvalue weighted by Gasteiger charge is 2.45. The second-order valence-corrected chi connectivity index (χ2v) is 8.57. The molecule has 1 aromatic carbocycles. The molecule has 1 fully saturated rings. The van der Waals surface area contributed by atoms with Crippen LogP contribution in [0.1, 0.15) is 19.8 Å². The number of carbonyl (C=O) groups excluding carboxylic acids is 2. The number of halogens is 2. The summed E-state index contributed by atoms with van der Waals surface area (Å²) in [6, 6.07) is 0.744. The molecule has 0 bridgehead atoms. The van der Waals surface area contributed by atoms with Crippen LogP contribution in [0, 0.1) is 6.92 Å². The number of amides is 3. The number of aliphatic hydroxyl groups excluding tert-OH is 1. The average molecular weight is 504 g/mol. The Bertz CT molecular complexity index is 941. The smallest absolute Gasteiger partial charge is 0.327 e. The number of ether oxygens (including phenoxy) is 2. The van der Waals surface area contributed by atoms with Gasteiger partial charge in [0.05, 0.1) is 17.0 Å². The third-order valence-corrected chi connectivity index (χ3v) is 7.37. The molecule has 9 heteroatoms. The lowest BCUT2D eigenvalue weighted by Gasteiger charge is -2.39. The molecule has 0 saturated carbocycles. The Kier molecular flexibility index (Phi) is 4.12. The molecule has 3 amide bonds. The average Bonchev–Trinajstić information content (AvgIpc) is 3.10. The van der Waals surface area contributed by atoms with Crippen LogP contribution < -0.4 is 9.47 Å². The van der Waals surface area contributed by atoms with Crippen LogP contribution in [-0.2, 0) is 4.79 Å². The molecule has 1 aromatic rings. The molecular weight excluding hydrogens is 484 g/mol. The molecule has 1 saturated heterocycles. The Hall–Kier alpha value is -1.58. The number of carbonyl (C=O) groups is 2. The lowest BCUT2D eigenvalue weighted by Crippen LogP contribution is -2.47. The van der Waals surface area contributed by atoms with E-state index in [1.807, 2.05) is 0 Å². The number of hydrogen-bond donors (Lipinski definition) is 1. The summed E-state index contributed by atoms with van der Waals surface area (Å²) in [4.78, 5) is 26.8. The van der Waals surface area contributed by atoms with Crippen molar-refractivity contribution in [2.75, 3.05) is 20.3 Å². The van der Waals surface area contributed by atoms with Gasteiger partial charge in [-0.15, -0.1) is 0 Å². The monoisotopic (exact) mass is 502 g/mol. The van der Waals surface area contributed by atoms with Crippen molar-refractivity contribution in [1.82, 2.24) is 9.80 Å². The van der Waals surface area contributed by atoms with E-state index in [1.54, 1.807) is 25.1 Å². The first-order chi connectivity index (χ1) is 13.5. The molecule has 1 aliphatic carbocycles. The largest absolute Gasteiger partial charge is 0.454 e. The fourth-order valence-electron chi connectivity index (χ4n) is 3.68. The zero-order valence-electron chi connectivity index (χ0n) is 16.5. The van der Waals surface area contributed by atoms with E-state index >= 15 is 0 Å². The first kappa shape index (κ1) is 16.4. The van der Waals surface area contributed by atoms with Crippen LogP contribution in [0.2, 0.25) is 0 Å². The van der Waals surface area contributed by atoms with Gasteiger partial charge in [-0.25, -0.2) is 4.79 Å². The van der Waals surface area contributed by atoms with Crippen molar-refractivity contribution in [3.05, 3.63) is 33.8 Å². The minimum Gasteiger partial charge on any atom is -0.454 e. The minimum atomic E-state index is -2.27. The normalized spacial score (nSPS) is 32.8. The third kappa shape index (κ3) is 2.87. The van der Waals surface area contributed by atoms with Crippen LogP contribution in [0.25, 0.3) is 0 Å². The van der Waals surface area contributed by atoms with Crippen LogP contribution in [-0.4, -0.2) is 64.2 Å². The lowest BCUT2D eigenvalue weighted by molar-refractivity contribution is -0.124. The van der Waals surface area contributed by atoms with Crippen molar-refractivity contribution in [3.8, 4) is 11.5 Å². The Morgan fingerprint density at radius 1 is 1.33 bits per heavy atom. The van der Waals surface area contributed by atoms with E-state index in [2.05, 4.69) is 31.9 Å². The third-order valence-electron chi connectivity index (χ3n) is 5.20. The fraction of sp³-hybridized carbons (Fsp3) is 0.444. The van der Waals surface area contributed by atoms with Crippen LogP contribution >= 0.6 is 31.9 Å². The molecule has 144 valence electrons. The number of benzene rings is 1. The van der Waals surface area contributed by atoms with Gasteiger partial charge in [-0.2, -0.15) is 0 Å². The molecule has 27 heavy (non-hydrogen) atoms. The number of aliphatic hydroxyl groups is 1. The van der Waals surface area contributed by atoms with Gasteiger partial charge < -0.3 is 19.5 Å². The number of nitrogens with zero attached hydrogens (tertiary/aromatic N) is 2. The molecule has 0 unspecified atom stereocenters. The maximum absolute atomic E-state index is 12.6. The number of fused-ring (bicyclic) bond motifs is 1. The highest BCUT2D eigenvalue weighted by Crippen LogP contribution is 2.48. The van der Waals surface area contributed by atoms with E-state index in [9.17, 15) is 14.7 Å². The Labute approximate surface area is 176 Å². The number of urea groups is 1. The molecule has 3 aliphatic rings. The van der Waals surface area contributed by atoms with Gasteiger partial charge in [-0.05, 0) is 18.6 Å². The van der Waals surface area contributed by atoms with E-state index < -0.39 is 35.7 Å². The van der Waals surface area contributed by atoms with Crippen molar-refractivity contribution in [2.24, 2.45) is 0 Å². The lowest BCUT2D eigenvalue weighted by atomic mass is 9.81. The quantitative estimate of drug-likeness (QED) is 0.381. The van der Waals surface area contributed by atoms with Crippen LogP contribution in [0.4, 0.5) is 4.79 Å². The molecule has 2 aliphatic heterocycles. The van der Waals surface area contributed by atoms with Crippen molar-refractivity contribution < 1.29 is 26.9 Å². The number of likely N-dealkylation sites (N-methyl/N-ethyl adjacent to an activating group) is 1. The van der Waals surface area contributed by atoms with Gasteiger partial charge in [-0.3, -0.25) is 9.69 Å². The fourth-order valence-corrected chi connectivity index (χ4v) is 5.02. The highest BCUT2D eigenvalue weighted by atomic mass is 79.9. The number of imide groups is 1. The molecule has 4 atom stereocenters. The summed E-state index contributed by atoms with van der Waals surface area (Å²) < 4.78 is 26.7. The maximum Gasteiger partial charge on any atom is 0.327 e. The molecule has 7 nitrogen and oxygen atoms in total. The standard InChI is InChI=1S/C18H18Br2N2O5/c1-8-15(19)9(5-12-17(8)27-7-26-12)14-10(3-4-11(23)16(14)20)22-6-13(24)21(2)18(22)25/h3-5,10-11,14,16,23H,6-7H2,1-2H3/t10-,11+,14+,16-/m0/s1/i7D2. The highest BCUT2D eigenvalue weighted by molar-refractivity contribution is 9.10. The summed E-state index contributed by atoms with van der Waals surface area (Å²) in [7, 11) is 1.44. The van der Waals surface area contributed by atoms with E-state index in [0.29, 0.717) is 21.3 Å². The predicted octanol–water partition coefficient (Wildman–Crippen LogP) is 2.53. The van der Waals surface area contributed by atoms with Gasteiger partial charge in [-0.1, -0.05) is 44.0 Å². The second kappa shape index (κ2) is 6.79. The summed E-state index contributed by atoms with van der Waals surface area (Å²) >= 11 is 7.12.